The van der Waals surface area contributed by atoms with E-state index in [1.165, 1.54) is 11.8 Å². The highest BCUT2D eigenvalue weighted by molar-refractivity contribution is 9.10. The van der Waals surface area contributed by atoms with E-state index in [1.807, 2.05) is 36.4 Å². The summed E-state index contributed by atoms with van der Waals surface area (Å²) in [5, 5.41) is 2.57. The van der Waals surface area contributed by atoms with Crippen molar-refractivity contribution >= 4 is 56.2 Å². The summed E-state index contributed by atoms with van der Waals surface area (Å²) in [6.07, 6.45) is 1.70. The summed E-state index contributed by atoms with van der Waals surface area (Å²) < 4.78 is 7.20. The fourth-order valence-electron chi connectivity index (χ4n) is 1.78. The first kappa shape index (κ1) is 13.6. The molecule has 3 nitrogen and oxygen atoms in total. The van der Waals surface area contributed by atoms with Crippen molar-refractivity contribution < 1.29 is 9.21 Å². The van der Waals surface area contributed by atoms with Crippen LogP contribution in [0.25, 0.3) is 17.4 Å². The Hall–Kier alpha value is -1.37. The molecular weight excluding hydrogens is 358 g/mol. The molecule has 0 saturated carbocycles. The minimum Gasteiger partial charge on any atom is -0.457 e. The van der Waals surface area contributed by atoms with Crippen LogP contribution < -0.4 is 5.32 Å². The van der Waals surface area contributed by atoms with Crippen molar-refractivity contribution in [2.45, 2.75) is 0 Å². The molecule has 0 radical (unpaired) electrons. The lowest BCUT2D eigenvalue weighted by atomic mass is 10.2. The van der Waals surface area contributed by atoms with E-state index in [-0.39, 0.29) is 5.91 Å². The highest BCUT2D eigenvalue weighted by Crippen LogP contribution is 2.29. The van der Waals surface area contributed by atoms with Crippen molar-refractivity contribution in [3.05, 3.63) is 51.5 Å². The molecule has 1 aliphatic rings. The molecule has 20 heavy (non-hydrogen) atoms. The van der Waals surface area contributed by atoms with Crippen molar-refractivity contribution in [3.63, 3.8) is 0 Å². The Kier molecular flexibility index (Phi) is 3.78. The summed E-state index contributed by atoms with van der Waals surface area (Å²) >= 11 is 9.61. The molecule has 0 aliphatic carbocycles. The Morgan fingerprint density at radius 2 is 2.15 bits per heavy atom. The third-order valence-electron chi connectivity index (χ3n) is 2.65. The Morgan fingerprint density at radius 3 is 2.85 bits per heavy atom. The second kappa shape index (κ2) is 5.55. The molecule has 2 heterocycles. The van der Waals surface area contributed by atoms with Crippen LogP contribution in [0, 0.1) is 0 Å². The van der Waals surface area contributed by atoms with E-state index in [0.717, 1.165) is 15.8 Å². The maximum absolute atomic E-state index is 11.6. The van der Waals surface area contributed by atoms with Gasteiger partial charge in [-0.05, 0) is 24.3 Å². The molecule has 0 unspecified atom stereocenters. The predicted molar refractivity (Wildman–Crippen MR) is 88.2 cm³/mol. The molecule has 1 fully saturated rings. The number of furan rings is 1. The quantitative estimate of drug-likeness (QED) is 0.639. The molecule has 1 aliphatic heterocycles. The molecule has 100 valence electrons. The van der Waals surface area contributed by atoms with Gasteiger partial charge in [0.05, 0.1) is 4.91 Å². The van der Waals surface area contributed by atoms with Gasteiger partial charge in [0.25, 0.3) is 5.91 Å². The lowest BCUT2D eigenvalue weighted by Gasteiger charge is -1.97. The van der Waals surface area contributed by atoms with E-state index >= 15 is 0 Å². The maximum Gasteiger partial charge on any atom is 0.263 e. The Bertz CT molecular complexity index is 736. The van der Waals surface area contributed by atoms with Crippen LogP contribution in [-0.4, -0.2) is 10.2 Å². The average Bonchev–Trinajstić information content (AvgIpc) is 2.97. The number of hydrogen-bond acceptors (Lipinski definition) is 4. The zero-order valence-corrected chi connectivity index (χ0v) is 13.3. The van der Waals surface area contributed by atoms with Crippen LogP contribution in [0.5, 0.6) is 0 Å². The summed E-state index contributed by atoms with van der Waals surface area (Å²) in [7, 11) is 0. The molecule has 6 heteroatoms. The van der Waals surface area contributed by atoms with Crippen LogP contribution in [-0.2, 0) is 4.79 Å². The van der Waals surface area contributed by atoms with Gasteiger partial charge in [0.1, 0.15) is 15.8 Å². The fraction of sp³-hybridized carbons (Fsp3) is 0. The van der Waals surface area contributed by atoms with Crippen molar-refractivity contribution in [1.82, 2.24) is 5.32 Å². The molecule has 1 aromatic heterocycles. The van der Waals surface area contributed by atoms with Crippen LogP contribution in [0.2, 0.25) is 0 Å². The Balaban J connectivity index is 1.89. The summed E-state index contributed by atoms with van der Waals surface area (Å²) in [6, 6.07) is 11.5. The first-order valence-corrected chi connectivity index (χ1v) is 7.74. The monoisotopic (exact) mass is 365 g/mol. The average molecular weight is 366 g/mol. The van der Waals surface area contributed by atoms with Gasteiger partial charge in [0.15, 0.2) is 0 Å². The highest BCUT2D eigenvalue weighted by atomic mass is 79.9. The van der Waals surface area contributed by atoms with Gasteiger partial charge in [-0.3, -0.25) is 4.79 Å². The standard InChI is InChI=1S/C14H8BrNO2S2/c15-9-3-1-2-8(6-9)11-5-4-10(18-11)7-12-13(17)16-14(19)20-12/h1-7H,(H,16,17,19). The number of rotatable bonds is 2. The first-order chi connectivity index (χ1) is 9.61. The van der Waals surface area contributed by atoms with Gasteiger partial charge in [-0.25, -0.2) is 0 Å². The van der Waals surface area contributed by atoms with E-state index < -0.39 is 0 Å². The summed E-state index contributed by atoms with van der Waals surface area (Å²) in [6.45, 7) is 0. The van der Waals surface area contributed by atoms with Crippen molar-refractivity contribution in [1.29, 1.82) is 0 Å². The largest absolute Gasteiger partial charge is 0.457 e. The molecular formula is C14H8BrNO2S2. The smallest absolute Gasteiger partial charge is 0.263 e. The summed E-state index contributed by atoms with van der Waals surface area (Å²) in [4.78, 5) is 12.1. The van der Waals surface area contributed by atoms with Gasteiger partial charge in [0.2, 0.25) is 0 Å². The molecule has 1 aromatic carbocycles. The van der Waals surface area contributed by atoms with E-state index in [2.05, 4.69) is 21.2 Å². The van der Waals surface area contributed by atoms with Gasteiger partial charge in [-0.2, -0.15) is 0 Å². The topological polar surface area (TPSA) is 42.2 Å². The second-order valence-electron chi connectivity index (χ2n) is 4.06. The maximum atomic E-state index is 11.6. The first-order valence-electron chi connectivity index (χ1n) is 5.72. The van der Waals surface area contributed by atoms with Gasteiger partial charge >= 0.3 is 0 Å². The summed E-state index contributed by atoms with van der Waals surface area (Å²) in [5.41, 5.74) is 0.975. The van der Waals surface area contributed by atoms with Crippen molar-refractivity contribution in [2.24, 2.45) is 0 Å². The molecule has 3 rings (SSSR count). The van der Waals surface area contributed by atoms with Crippen LogP contribution in [0.1, 0.15) is 5.76 Å². The minimum atomic E-state index is -0.180. The number of benzene rings is 1. The summed E-state index contributed by atoms with van der Waals surface area (Å²) in [5.74, 6) is 1.20. The number of thioether (sulfide) groups is 1. The number of hydrogen-bond donors (Lipinski definition) is 1. The lowest BCUT2D eigenvalue weighted by molar-refractivity contribution is -0.115. The highest BCUT2D eigenvalue weighted by Gasteiger charge is 2.22. The normalized spacial score (nSPS) is 16.8. The van der Waals surface area contributed by atoms with Gasteiger partial charge in [-0.15, -0.1) is 0 Å². The van der Waals surface area contributed by atoms with E-state index in [1.54, 1.807) is 6.08 Å². The number of halogens is 1. The Morgan fingerprint density at radius 1 is 1.30 bits per heavy atom. The molecule has 2 aromatic rings. The van der Waals surface area contributed by atoms with Crippen molar-refractivity contribution in [3.8, 4) is 11.3 Å². The Labute approximate surface area is 133 Å². The minimum absolute atomic E-state index is 0.180. The number of carbonyl (C=O) groups is 1. The molecule has 0 spiro atoms. The van der Waals surface area contributed by atoms with Gasteiger partial charge < -0.3 is 9.73 Å². The number of thiocarbonyl (C=S) groups is 1. The third kappa shape index (κ3) is 2.87. The van der Waals surface area contributed by atoms with E-state index in [0.29, 0.717) is 15.0 Å². The number of amides is 1. The zero-order valence-electron chi connectivity index (χ0n) is 10.1. The fourth-order valence-corrected chi connectivity index (χ4v) is 3.20. The SMILES string of the molecule is O=C1NC(=S)SC1=Cc1ccc(-c2cccc(Br)c2)o1. The van der Waals surface area contributed by atoms with Gasteiger partial charge in [0, 0.05) is 16.1 Å². The number of carbonyl (C=O) groups excluding carboxylic acids is 1. The predicted octanol–water partition coefficient (Wildman–Crippen LogP) is 4.20. The van der Waals surface area contributed by atoms with Crippen LogP contribution in [0.3, 0.4) is 0 Å². The van der Waals surface area contributed by atoms with Crippen LogP contribution in [0.15, 0.2) is 50.2 Å². The number of nitrogens with one attached hydrogen (secondary N) is 1. The lowest BCUT2D eigenvalue weighted by Crippen LogP contribution is -2.17. The molecule has 1 N–H and O–H groups in total. The molecule has 1 saturated heterocycles. The zero-order chi connectivity index (χ0) is 14.1. The van der Waals surface area contributed by atoms with Crippen molar-refractivity contribution in [2.75, 3.05) is 0 Å². The third-order valence-corrected chi connectivity index (χ3v) is 4.31. The van der Waals surface area contributed by atoms with Crippen LogP contribution >= 0.6 is 39.9 Å². The molecule has 0 atom stereocenters. The van der Waals surface area contributed by atoms with Crippen LogP contribution in [0.4, 0.5) is 0 Å². The second-order valence-corrected chi connectivity index (χ2v) is 6.70. The van der Waals surface area contributed by atoms with Gasteiger partial charge in [-0.1, -0.05) is 52.0 Å². The molecule has 1 amide bonds. The van der Waals surface area contributed by atoms with E-state index in [9.17, 15) is 4.79 Å². The van der Waals surface area contributed by atoms with E-state index in [4.69, 9.17) is 16.6 Å². The molecule has 0 bridgehead atoms.